The summed E-state index contributed by atoms with van der Waals surface area (Å²) in [4.78, 5) is 26.5. The third-order valence-electron chi connectivity index (χ3n) is 6.44. The molecule has 41 heavy (non-hydrogen) atoms. The molecule has 17 heteroatoms. The van der Waals surface area contributed by atoms with Gasteiger partial charge in [0, 0.05) is 38.2 Å². The zero-order chi connectivity index (χ0) is 31.2. The highest BCUT2D eigenvalue weighted by atomic mass is 32.2. The van der Waals surface area contributed by atoms with Crippen molar-refractivity contribution in [3.05, 3.63) is 59.2 Å². The molecule has 0 spiro atoms. The van der Waals surface area contributed by atoms with Crippen molar-refractivity contribution < 1.29 is 52.8 Å². The number of hydrogen-bond acceptors (Lipinski definition) is 7. The molecule has 0 aromatic heterocycles. The summed E-state index contributed by atoms with van der Waals surface area (Å²) in [5.41, 5.74) is -5.43. The van der Waals surface area contributed by atoms with Gasteiger partial charge in [-0.2, -0.15) is 26.3 Å². The summed E-state index contributed by atoms with van der Waals surface area (Å²) >= 11 is 0. The van der Waals surface area contributed by atoms with Crippen LogP contribution in [0.2, 0.25) is 0 Å². The quantitative estimate of drug-likeness (QED) is 0.430. The number of carbonyl (C=O) groups is 2. The number of amides is 2. The molecule has 1 unspecified atom stereocenters. The van der Waals surface area contributed by atoms with Gasteiger partial charge in [-0.1, -0.05) is 18.2 Å². The van der Waals surface area contributed by atoms with Crippen LogP contribution in [0, 0.1) is 0 Å². The monoisotopic (exact) mass is 629 g/mol. The summed E-state index contributed by atoms with van der Waals surface area (Å²) < 4.78 is 130. The molecule has 0 bridgehead atoms. The molecule has 0 saturated carbocycles. The highest BCUT2D eigenvalue weighted by Gasteiger charge is 2.71. The van der Waals surface area contributed by atoms with E-state index in [2.05, 4.69) is 5.32 Å². The summed E-state index contributed by atoms with van der Waals surface area (Å²) in [6.45, 7) is -0.0910. The van der Waals surface area contributed by atoms with E-state index in [0.717, 1.165) is 23.3 Å². The molecule has 0 radical (unpaired) electrons. The van der Waals surface area contributed by atoms with Crippen molar-refractivity contribution in [1.82, 2.24) is 10.2 Å². The number of rotatable bonds is 8. The number of alkyl halides is 6. The molecule has 2 N–H and O–H groups in total. The van der Waals surface area contributed by atoms with E-state index < -0.39 is 73.3 Å². The Morgan fingerprint density at radius 2 is 1.49 bits per heavy atom. The van der Waals surface area contributed by atoms with Crippen molar-refractivity contribution in [1.29, 1.82) is 0 Å². The van der Waals surface area contributed by atoms with Crippen LogP contribution in [-0.4, -0.2) is 70.7 Å². The van der Waals surface area contributed by atoms with Crippen LogP contribution in [0.1, 0.15) is 29.7 Å². The summed E-state index contributed by atoms with van der Waals surface area (Å²) in [6.07, 6.45) is -10.2. The normalized spacial score (nSPS) is 16.4. The number of sulfone groups is 2. The predicted octanol–water partition coefficient (Wildman–Crippen LogP) is 3.09. The zero-order valence-electron chi connectivity index (χ0n) is 21.7. The van der Waals surface area contributed by atoms with E-state index in [1.165, 1.54) is 30.4 Å². The van der Waals surface area contributed by atoms with Gasteiger partial charge in [0.05, 0.1) is 10.6 Å². The Morgan fingerprint density at radius 1 is 0.927 bits per heavy atom. The topological polar surface area (TPSA) is 130 Å². The third-order valence-corrected chi connectivity index (χ3v) is 8.50. The molecule has 9 nitrogen and oxygen atoms in total. The lowest BCUT2D eigenvalue weighted by Crippen LogP contribution is -2.64. The van der Waals surface area contributed by atoms with Crippen LogP contribution in [0.4, 0.5) is 32.0 Å². The molecule has 2 amide bonds. The number of nitrogens with one attached hydrogen (secondary N) is 2. The zero-order valence-corrected chi connectivity index (χ0v) is 23.4. The Kier molecular flexibility index (Phi) is 8.60. The highest BCUT2D eigenvalue weighted by molar-refractivity contribution is 7.91. The number of hydrogen-bond donors (Lipinski definition) is 2. The van der Waals surface area contributed by atoms with Crippen molar-refractivity contribution >= 4 is 37.2 Å². The Hall–Kier alpha value is -3.18. The lowest BCUT2D eigenvalue weighted by atomic mass is 9.87. The Morgan fingerprint density at radius 3 is 1.95 bits per heavy atom. The van der Waals surface area contributed by atoms with Gasteiger partial charge in [-0.3, -0.25) is 14.9 Å². The lowest BCUT2D eigenvalue weighted by Gasteiger charge is -2.38. The highest BCUT2D eigenvalue weighted by Crippen LogP contribution is 2.50. The molecular formula is C24H25F6N3O6S2. The Labute approximate surface area is 231 Å². The molecule has 0 aliphatic carbocycles. The van der Waals surface area contributed by atoms with Crippen LogP contribution in [0.5, 0.6) is 0 Å². The van der Waals surface area contributed by atoms with Gasteiger partial charge in [-0.15, -0.1) is 0 Å². The molecular weight excluding hydrogens is 604 g/mol. The smallest absolute Gasteiger partial charge is 0.324 e. The summed E-state index contributed by atoms with van der Waals surface area (Å²) in [5.74, 6) is -2.38. The molecule has 1 atom stereocenters. The van der Waals surface area contributed by atoms with Crippen LogP contribution in [0.15, 0.2) is 47.4 Å². The van der Waals surface area contributed by atoms with E-state index in [-0.39, 0.29) is 17.1 Å². The number of halogens is 6. The van der Waals surface area contributed by atoms with Crippen LogP contribution >= 0.6 is 0 Å². The van der Waals surface area contributed by atoms with E-state index in [9.17, 15) is 52.8 Å². The van der Waals surface area contributed by atoms with Gasteiger partial charge >= 0.3 is 12.4 Å². The summed E-state index contributed by atoms with van der Waals surface area (Å²) in [5, 5.41) is 3.69. The van der Waals surface area contributed by atoms with Crippen LogP contribution in [0.3, 0.4) is 0 Å². The van der Waals surface area contributed by atoms with Crippen LogP contribution in [0.25, 0.3) is 0 Å². The van der Waals surface area contributed by atoms with E-state index >= 15 is 0 Å². The van der Waals surface area contributed by atoms with Crippen molar-refractivity contribution in [2.75, 3.05) is 30.1 Å². The lowest BCUT2D eigenvalue weighted by molar-refractivity contribution is -0.313. The molecule has 1 aliphatic heterocycles. The largest absolute Gasteiger partial charge is 0.419 e. The SMILES string of the molecule is CC(=O)N1Cc2cc(S(C)(=O)=O)ccc2C1C(=O)Nc1ccc(C(NCCS(C)(=O)=O)(C(F)(F)F)C(F)(F)F)cc1. The molecule has 2 aromatic rings. The number of benzene rings is 2. The molecule has 3 rings (SSSR count). The third kappa shape index (κ3) is 6.67. The fourth-order valence-corrected chi connectivity index (χ4v) is 5.61. The first-order valence-corrected chi connectivity index (χ1v) is 15.6. The van der Waals surface area contributed by atoms with Gasteiger partial charge in [0.1, 0.15) is 15.9 Å². The second-order valence-corrected chi connectivity index (χ2v) is 13.8. The van der Waals surface area contributed by atoms with Gasteiger partial charge in [0.15, 0.2) is 9.84 Å². The van der Waals surface area contributed by atoms with Crippen molar-refractivity contribution in [3.63, 3.8) is 0 Å². The van der Waals surface area contributed by atoms with Gasteiger partial charge in [0.25, 0.3) is 5.91 Å². The van der Waals surface area contributed by atoms with E-state index in [4.69, 9.17) is 0 Å². The molecule has 1 heterocycles. The van der Waals surface area contributed by atoms with Crippen LogP contribution in [-0.2, 0) is 41.3 Å². The van der Waals surface area contributed by atoms with Gasteiger partial charge in [0.2, 0.25) is 11.4 Å². The first-order chi connectivity index (χ1) is 18.6. The maximum Gasteiger partial charge on any atom is 0.419 e. The minimum atomic E-state index is -5.94. The number of fused-ring (bicyclic) bond motifs is 1. The fraction of sp³-hybridized carbons (Fsp3) is 0.417. The Bertz CT molecular complexity index is 1540. The first kappa shape index (κ1) is 32.3. The van der Waals surface area contributed by atoms with Gasteiger partial charge < -0.3 is 10.2 Å². The minimum Gasteiger partial charge on any atom is -0.324 e. The average molecular weight is 630 g/mol. The van der Waals surface area contributed by atoms with Gasteiger partial charge in [-0.05, 0) is 41.0 Å². The molecule has 226 valence electrons. The van der Waals surface area contributed by atoms with Gasteiger partial charge in [-0.25, -0.2) is 16.8 Å². The first-order valence-electron chi connectivity index (χ1n) is 11.7. The Balaban J connectivity index is 1.95. The van der Waals surface area contributed by atoms with E-state index in [1.54, 1.807) is 0 Å². The number of nitrogens with zero attached hydrogens (tertiary/aromatic N) is 1. The van der Waals surface area contributed by atoms with E-state index in [0.29, 0.717) is 29.5 Å². The number of carbonyl (C=O) groups excluding carboxylic acids is 2. The van der Waals surface area contributed by atoms with Crippen molar-refractivity contribution in [3.8, 4) is 0 Å². The van der Waals surface area contributed by atoms with Crippen LogP contribution < -0.4 is 10.6 Å². The second-order valence-electron chi connectivity index (χ2n) is 9.55. The molecule has 0 saturated heterocycles. The van der Waals surface area contributed by atoms with Crippen molar-refractivity contribution in [2.45, 2.75) is 42.3 Å². The number of anilines is 1. The minimum absolute atomic E-state index is 0.0423. The molecule has 2 aromatic carbocycles. The average Bonchev–Trinajstić information content (AvgIpc) is 3.19. The van der Waals surface area contributed by atoms with Crippen molar-refractivity contribution in [2.24, 2.45) is 0 Å². The predicted molar refractivity (Wildman–Crippen MR) is 135 cm³/mol. The standard InChI is InChI=1S/C24H25F6N3O6S2/c1-14(34)33-13-15-12-18(41(3,38)39)8-9-19(15)20(33)21(35)32-17-6-4-16(5-7-17)22(23(25,26)27,24(28,29)30)31-10-11-40(2,36)37/h4-9,12,20,31H,10-11,13H2,1-3H3,(H,32,35). The maximum absolute atomic E-state index is 14.0. The summed E-state index contributed by atoms with van der Waals surface area (Å²) in [6, 6.07) is 5.26. The maximum atomic E-state index is 14.0. The molecule has 0 fully saturated rings. The molecule has 1 aliphatic rings. The van der Waals surface area contributed by atoms with E-state index in [1.807, 2.05) is 0 Å². The second kappa shape index (κ2) is 10.9. The fourth-order valence-electron chi connectivity index (χ4n) is 4.46. The summed E-state index contributed by atoms with van der Waals surface area (Å²) in [7, 11) is -7.49.